The minimum absolute atomic E-state index is 0.0202. The number of anilines is 2. The molecule has 0 radical (unpaired) electrons. The number of carboxylic acids is 1. The largest absolute Gasteiger partial charge is 0.479 e. The fourth-order valence-corrected chi connectivity index (χ4v) is 1.60. The van der Waals surface area contributed by atoms with Crippen molar-refractivity contribution >= 4 is 29.3 Å². The van der Waals surface area contributed by atoms with Gasteiger partial charge in [0.1, 0.15) is 0 Å². The first-order chi connectivity index (χ1) is 10.8. The Labute approximate surface area is 130 Å². The van der Waals surface area contributed by atoms with Crippen LogP contribution in [0.1, 0.15) is 33.8 Å². The maximum Gasteiger partial charge on any atom is 0.332 e. The van der Waals surface area contributed by atoms with Crippen molar-refractivity contribution in [3.05, 3.63) is 11.4 Å². The zero-order valence-electron chi connectivity index (χ0n) is 12.0. The molecule has 1 atom stereocenters. The normalized spacial score (nSPS) is 11.7. The summed E-state index contributed by atoms with van der Waals surface area (Å²) in [5.41, 5.74) is 10.5. The number of amides is 1. The van der Waals surface area contributed by atoms with Crippen LogP contribution in [0.25, 0.3) is 0 Å². The Morgan fingerprint density at radius 3 is 2.26 bits per heavy atom. The Hall–Kier alpha value is -2.79. The lowest BCUT2D eigenvalue weighted by Gasteiger charge is -2.09. The van der Waals surface area contributed by atoms with Crippen LogP contribution in [0.3, 0.4) is 0 Å². The number of nitrogens with two attached hydrogens (primary N) is 2. The van der Waals surface area contributed by atoms with Gasteiger partial charge in [-0.2, -0.15) is 0 Å². The monoisotopic (exact) mass is 327 g/mol. The zero-order valence-corrected chi connectivity index (χ0v) is 12.0. The quantitative estimate of drug-likeness (QED) is 0.284. The predicted octanol–water partition coefficient (Wildman–Crippen LogP) is -2.23. The minimum Gasteiger partial charge on any atom is -0.479 e. The van der Waals surface area contributed by atoms with E-state index in [-0.39, 0.29) is 49.0 Å². The average molecular weight is 327 g/mol. The van der Waals surface area contributed by atoms with Gasteiger partial charge in [-0.05, 0) is 6.42 Å². The number of hydrogen-bond donors (Lipinski definition) is 6. The van der Waals surface area contributed by atoms with Crippen molar-refractivity contribution in [1.82, 2.24) is 15.3 Å². The van der Waals surface area contributed by atoms with Gasteiger partial charge in [-0.25, -0.2) is 14.8 Å². The smallest absolute Gasteiger partial charge is 0.332 e. The SMILES string of the molecule is Nc1nc(C(=O)NCCO)c(N)nc1C(=O)CC[C@H](O)C(=O)O. The summed E-state index contributed by atoms with van der Waals surface area (Å²) in [5, 5.41) is 28.6. The highest BCUT2D eigenvalue weighted by Crippen LogP contribution is 2.16. The Balaban J connectivity index is 2.89. The van der Waals surface area contributed by atoms with E-state index in [1.165, 1.54) is 0 Å². The Kier molecular flexibility index (Phi) is 6.35. The predicted molar refractivity (Wildman–Crippen MR) is 77.5 cm³/mol. The van der Waals surface area contributed by atoms with Crippen molar-refractivity contribution in [3.8, 4) is 0 Å². The van der Waals surface area contributed by atoms with Gasteiger partial charge in [-0.1, -0.05) is 0 Å². The van der Waals surface area contributed by atoms with E-state index in [2.05, 4.69) is 15.3 Å². The Bertz CT molecular complexity index is 620. The molecular formula is C12H17N5O6. The summed E-state index contributed by atoms with van der Waals surface area (Å²) in [6, 6.07) is 0. The highest BCUT2D eigenvalue weighted by Gasteiger charge is 2.22. The molecule has 0 aromatic carbocycles. The standard InChI is InChI=1S/C12H17N5O6/c13-9-7(5(19)1-2-6(20)12(22)23)16-10(14)8(17-9)11(21)15-3-4-18/h6,18,20H,1-4H2,(H2,13,17)(H2,14,16)(H,15,21)(H,22,23)/t6-/m0/s1. The van der Waals surface area contributed by atoms with E-state index in [0.29, 0.717) is 0 Å². The molecule has 8 N–H and O–H groups in total. The molecule has 0 saturated carbocycles. The molecule has 11 heteroatoms. The third-order valence-electron chi connectivity index (χ3n) is 2.76. The molecule has 1 rings (SSSR count). The number of carbonyl (C=O) groups is 3. The third kappa shape index (κ3) is 4.86. The summed E-state index contributed by atoms with van der Waals surface area (Å²) in [7, 11) is 0. The molecule has 1 aromatic rings. The van der Waals surface area contributed by atoms with E-state index in [1.807, 2.05) is 0 Å². The van der Waals surface area contributed by atoms with Crippen molar-refractivity contribution in [3.63, 3.8) is 0 Å². The first kappa shape index (κ1) is 18.3. The molecule has 0 bridgehead atoms. The van der Waals surface area contributed by atoms with Gasteiger partial charge in [-0.3, -0.25) is 9.59 Å². The number of carboxylic acid groups (broad SMARTS) is 1. The molecule has 0 fully saturated rings. The second kappa shape index (κ2) is 8.00. The lowest BCUT2D eigenvalue weighted by atomic mass is 10.1. The second-order valence-corrected chi connectivity index (χ2v) is 4.49. The fraction of sp³-hybridized carbons (Fsp3) is 0.417. The highest BCUT2D eigenvalue weighted by atomic mass is 16.4. The number of aromatic nitrogens is 2. The topological polar surface area (TPSA) is 202 Å². The first-order valence-corrected chi connectivity index (χ1v) is 6.54. The summed E-state index contributed by atoms with van der Waals surface area (Å²) in [5.74, 6) is -3.51. The van der Waals surface area contributed by atoms with Crippen LogP contribution >= 0.6 is 0 Å². The molecular weight excluding hydrogens is 310 g/mol. The molecule has 0 spiro atoms. The van der Waals surface area contributed by atoms with Crippen molar-refractivity contribution in [2.24, 2.45) is 0 Å². The van der Waals surface area contributed by atoms with Gasteiger partial charge in [0.05, 0.1) is 6.61 Å². The molecule has 0 aliphatic heterocycles. The molecule has 0 unspecified atom stereocenters. The summed E-state index contributed by atoms with van der Waals surface area (Å²) in [6.45, 7) is -0.301. The van der Waals surface area contributed by atoms with E-state index < -0.39 is 23.8 Å². The third-order valence-corrected chi connectivity index (χ3v) is 2.76. The molecule has 11 nitrogen and oxygen atoms in total. The first-order valence-electron chi connectivity index (χ1n) is 6.54. The van der Waals surface area contributed by atoms with Crippen LogP contribution in [-0.4, -0.2) is 62.2 Å². The van der Waals surface area contributed by atoms with Gasteiger partial charge >= 0.3 is 5.97 Å². The lowest BCUT2D eigenvalue weighted by molar-refractivity contribution is -0.146. The maximum atomic E-state index is 11.9. The Morgan fingerprint density at radius 2 is 1.70 bits per heavy atom. The number of aliphatic hydroxyl groups is 2. The fourth-order valence-electron chi connectivity index (χ4n) is 1.60. The summed E-state index contributed by atoms with van der Waals surface area (Å²) in [4.78, 5) is 41.5. The van der Waals surface area contributed by atoms with Gasteiger partial charge in [0.25, 0.3) is 5.91 Å². The molecule has 0 aliphatic rings. The summed E-state index contributed by atoms with van der Waals surface area (Å²) >= 11 is 0. The van der Waals surface area contributed by atoms with Crippen LogP contribution in [0.15, 0.2) is 0 Å². The second-order valence-electron chi connectivity index (χ2n) is 4.49. The van der Waals surface area contributed by atoms with E-state index in [9.17, 15) is 14.4 Å². The van der Waals surface area contributed by atoms with E-state index >= 15 is 0 Å². The number of nitrogens with one attached hydrogen (secondary N) is 1. The van der Waals surface area contributed by atoms with Gasteiger partial charge in [0.2, 0.25) is 0 Å². The molecule has 0 saturated heterocycles. The number of hydrogen-bond acceptors (Lipinski definition) is 9. The number of nitrogen functional groups attached to an aromatic ring is 2. The summed E-state index contributed by atoms with van der Waals surface area (Å²) in [6.07, 6.45) is -2.34. The van der Waals surface area contributed by atoms with Crippen LogP contribution < -0.4 is 16.8 Å². The molecule has 1 aromatic heterocycles. The van der Waals surface area contributed by atoms with E-state index in [0.717, 1.165) is 0 Å². The number of aliphatic carboxylic acids is 1. The molecule has 1 amide bonds. The van der Waals surface area contributed by atoms with E-state index in [4.69, 9.17) is 26.8 Å². The minimum atomic E-state index is -1.69. The van der Waals surface area contributed by atoms with Crippen LogP contribution in [0.4, 0.5) is 11.6 Å². The zero-order chi connectivity index (χ0) is 17.6. The maximum absolute atomic E-state index is 11.9. The summed E-state index contributed by atoms with van der Waals surface area (Å²) < 4.78 is 0. The van der Waals surface area contributed by atoms with Gasteiger partial charge < -0.3 is 32.1 Å². The number of carbonyl (C=O) groups excluding carboxylic acids is 2. The van der Waals surface area contributed by atoms with Crippen molar-refractivity contribution in [1.29, 1.82) is 0 Å². The highest BCUT2D eigenvalue weighted by molar-refractivity contribution is 6.01. The van der Waals surface area contributed by atoms with Crippen LogP contribution in [-0.2, 0) is 4.79 Å². The lowest BCUT2D eigenvalue weighted by Crippen LogP contribution is -2.29. The number of aliphatic hydroxyl groups excluding tert-OH is 2. The van der Waals surface area contributed by atoms with Crippen molar-refractivity contribution in [2.45, 2.75) is 18.9 Å². The van der Waals surface area contributed by atoms with Crippen LogP contribution in [0.5, 0.6) is 0 Å². The van der Waals surface area contributed by atoms with Gasteiger partial charge in [0, 0.05) is 13.0 Å². The Morgan fingerprint density at radius 1 is 1.13 bits per heavy atom. The van der Waals surface area contributed by atoms with Crippen LogP contribution in [0.2, 0.25) is 0 Å². The number of ketones is 1. The molecule has 23 heavy (non-hydrogen) atoms. The van der Waals surface area contributed by atoms with E-state index in [1.54, 1.807) is 0 Å². The number of Topliss-reactive ketones (excluding diaryl/α,β-unsaturated/α-hetero) is 1. The number of rotatable bonds is 8. The molecule has 126 valence electrons. The number of nitrogens with zero attached hydrogens (tertiary/aromatic N) is 2. The average Bonchev–Trinajstić information content (AvgIpc) is 2.51. The van der Waals surface area contributed by atoms with Crippen LogP contribution in [0, 0.1) is 0 Å². The van der Waals surface area contributed by atoms with Gasteiger partial charge in [-0.15, -0.1) is 0 Å². The van der Waals surface area contributed by atoms with Gasteiger partial charge in [0.15, 0.2) is 34.9 Å². The van der Waals surface area contributed by atoms with Crippen molar-refractivity contribution in [2.75, 3.05) is 24.6 Å². The molecule has 1 heterocycles. The molecule has 0 aliphatic carbocycles. The van der Waals surface area contributed by atoms with Crippen molar-refractivity contribution < 1.29 is 29.7 Å².